The van der Waals surface area contributed by atoms with Crippen LogP contribution in [0, 0.1) is 20.2 Å². The van der Waals surface area contributed by atoms with E-state index in [0.29, 0.717) is 18.8 Å². The van der Waals surface area contributed by atoms with E-state index in [0.717, 1.165) is 19.6 Å². The molecule has 0 bridgehead atoms. The first-order valence-electron chi connectivity index (χ1n) is 10.3. The number of hydrazine groups is 1. The Morgan fingerprint density at radius 3 is 2.18 bits per heavy atom. The average molecular weight is 450 g/mol. The minimum absolute atomic E-state index is 0.00932. The van der Waals surface area contributed by atoms with Crippen molar-refractivity contribution in [3.8, 4) is 0 Å². The van der Waals surface area contributed by atoms with Crippen molar-refractivity contribution in [2.24, 2.45) is 0 Å². The third kappa shape index (κ3) is 5.30. The Morgan fingerprint density at radius 1 is 0.848 bits per heavy atom. The van der Waals surface area contributed by atoms with E-state index in [1.165, 1.54) is 36.2 Å². The zero-order valence-corrected chi connectivity index (χ0v) is 17.6. The fraction of sp³-hybridized carbons (Fsp3) is 0.238. The van der Waals surface area contributed by atoms with E-state index in [-0.39, 0.29) is 23.0 Å². The molecular formula is C21H22N8O4. The number of anilines is 3. The van der Waals surface area contributed by atoms with Gasteiger partial charge in [-0.25, -0.2) is 9.97 Å². The first-order valence-corrected chi connectivity index (χ1v) is 10.3. The molecule has 1 saturated heterocycles. The van der Waals surface area contributed by atoms with Gasteiger partial charge in [-0.15, -0.1) is 0 Å². The molecule has 1 aliphatic heterocycles. The molecule has 12 nitrogen and oxygen atoms in total. The Bertz CT molecular complexity index is 1120. The lowest BCUT2D eigenvalue weighted by Crippen LogP contribution is -2.46. The molecule has 33 heavy (non-hydrogen) atoms. The van der Waals surface area contributed by atoms with Gasteiger partial charge < -0.3 is 4.90 Å². The van der Waals surface area contributed by atoms with Crippen LogP contribution >= 0.6 is 0 Å². The fourth-order valence-electron chi connectivity index (χ4n) is 3.62. The fourth-order valence-corrected chi connectivity index (χ4v) is 3.62. The standard InChI is InChI=1S/C21H22N8O4/c30-28(31)18-8-6-17(7-9-18)24-25-20-19(29(32)33)21(23-15-22-20)27-12-10-26(11-13-27)14-16-4-2-1-3-5-16/h1-9,15,24H,10-14H2,(H,22,23,25). The predicted molar refractivity (Wildman–Crippen MR) is 123 cm³/mol. The van der Waals surface area contributed by atoms with Gasteiger partial charge in [-0.1, -0.05) is 30.3 Å². The van der Waals surface area contributed by atoms with Crippen LogP contribution in [0.3, 0.4) is 0 Å². The number of hydrogen-bond acceptors (Lipinski definition) is 10. The number of rotatable bonds is 8. The number of nitrogens with one attached hydrogen (secondary N) is 2. The largest absolute Gasteiger partial charge is 0.355 e. The molecule has 0 aliphatic carbocycles. The normalized spacial score (nSPS) is 14.0. The summed E-state index contributed by atoms with van der Waals surface area (Å²) < 4.78 is 0. The molecule has 0 spiro atoms. The molecule has 1 aromatic heterocycles. The van der Waals surface area contributed by atoms with Gasteiger partial charge in [0.15, 0.2) is 0 Å². The van der Waals surface area contributed by atoms with Crippen molar-refractivity contribution in [1.29, 1.82) is 0 Å². The number of nitro groups is 2. The van der Waals surface area contributed by atoms with Crippen LogP contribution in [-0.2, 0) is 6.54 Å². The molecule has 2 N–H and O–H groups in total. The van der Waals surface area contributed by atoms with Crippen LogP contribution in [0.1, 0.15) is 5.56 Å². The predicted octanol–water partition coefficient (Wildman–Crippen LogP) is 3.05. The number of nitro benzene ring substituents is 1. The van der Waals surface area contributed by atoms with Crippen molar-refractivity contribution in [1.82, 2.24) is 14.9 Å². The van der Waals surface area contributed by atoms with E-state index in [1.54, 1.807) is 0 Å². The molecule has 1 fully saturated rings. The van der Waals surface area contributed by atoms with Crippen molar-refractivity contribution in [3.05, 3.63) is 86.7 Å². The summed E-state index contributed by atoms with van der Waals surface area (Å²) >= 11 is 0. The second kappa shape index (κ2) is 9.87. The van der Waals surface area contributed by atoms with Gasteiger partial charge in [-0.05, 0) is 17.7 Å². The first kappa shape index (κ1) is 21.9. The monoisotopic (exact) mass is 450 g/mol. The molecule has 3 aromatic rings. The topological polar surface area (TPSA) is 143 Å². The molecular weight excluding hydrogens is 428 g/mol. The summed E-state index contributed by atoms with van der Waals surface area (Å²) in [6, 6.07) is 15.8. The molecule has 0 radical (unpaired) electrons. The summed E-state index contributed by atoms with van der Waals surface area (Å²) in [7, 11) is 0. The summed E-state index contributed by atoms with van der Waals surface area (Å²) in [5, 5.41) is 22.6. The number of benzene rings is 2. The van der Waals surface area contributed by atoms with Gasteiger partial charge >= 0.3 is 5.69 Å². The number of non-ortho nitro benzene ring substituents is 1. The van der Waals surface area contributed by atoms with Gasteiger partial charge in [-0.3, -0.25) is 36.0 Å². The van der Waals surface area contributed by atoms with Gasteiger partial charge in [-0.2, -0.15) is 0 Å². The molecule has 2 aromatic carbocycles. The Morgan fingerprint density at radius 2 is 1.55 bits per heavy atom. The van der Waals surface area contributed by atoms with Crippen molar-refractivity contribution < 1.29 is 9.85 Å². The maximum absolute atomic E-state index is 11.9. The maximum atomic E-state index is 11.9. The van der Waals surface area contributed by atoms with Crippen molar-refractivity contribution in [3.63, 3.8) is 0 Å². The van der Waals surface area contributed by atoms with Crippen LogP contribution in [0.15, 0.2) is 60.9 Å². The highest BCUT2D eigenvalue weighted by Crippen LogP contribution is 2.32. The van der Waals surface area contributed by atoms with Crippen LogP contribution < -0.4 is 15.8 Å². The van der Waals surface area contributed by atoms with E-state index in [4.69, 9.17) is 0 Å². The van der Waals surface area contributed by atoms with Crippen molar-refractivity contribution in [2.75, 3.05) is 41.9 Å². The average Bonchev–Trinajstić information content (AvgIpc) is 2.84. The van der Waals surface area contributed by atoms with Gasteiger partial charge in [0.2, 0.25) is 11.6 Å². The second-order valence-electron chi connectivity index (χ2n) is 7.45. The lowest BCUT2D eigenvalue weighted by atomic mass is 10.2. The number of hydrogen-bond donors (Lipinski definition) is 2. The smallest absolute Gasteiger partial charge is 0.348 e. The van der Waals surface area contributed by atoms with E-state index in [9.17, 15) is 20.2 Å². The lowest BCUT2D eigenvalue weighted by molar-refractivity contribution is -0.384. The first-order chi connectivity index (χ1) is 16.0. The summed E-state index contributed by atoms with van der Waals surface area (Å²) in [5.41, 5.74) is 6.95. The Kier molecular flexibility index (Phi) is 6.55. The van der Waals surface area contributed by atoms with Crippen LogP contribution in [-0.4, -0.2) is 50.9 Å². The zero-order valence-electron chi connectivity index (χ0n) is 17.6. The van der Waals surface area contributed by atoms with E-state index in [1.807, 2.05) is 23.1 Å². The van der Waals surface area contributed by atoms with Gasteiger partial charge in [0, 0.05) is 44.9 Å². The number of aromatic nitrogens is 2. The van der Waals surface area contributed by atoms with Gasteiger partial charge in [0.25, 0.3) is 5.69 Å². The maximum Gasteiger partial charge on any atom is 0.355 e. The molecule has 0 unspecified atom stereocenters. The lowest BCUT2D eigenvalue weighted by Gasteiger charge is -2.35. The van der Waals surface area contributed by atoms with Crippen molar-refractivity contribution >= 4 is 28.7 Å². The van der Waals surface area contributed by atoms with Crippen LogP contribution in [0.2, 0.25) is 0 Å². The van der Waals surface area contributed by atoms with Crippen molar-refractivity contribution in [2.45, 2.75) is 6.54 Å². The third-order valence-corrected chi connectivity index (χ3v) is 5.31. The van der Waals surface area contributed by atoms with Gasteiger partial charge in [0.1, 0.15) is 6.33 Å². The summed E-state index contributed by atoms with van der Waals surface area (Å²) in [6.45, 7) is 3.52. The van der Waals surface area contributed by atoms with Crippen LogP contribution in [0.25, 0.3) is 0 Å². The molecule has 2 heterocycles. The summed E-state index contributed by atoms with van der Waals surface area (Å²) in [5.74, 6) is 0.262. The molecule has 170 valence electrons. The van der Waals surface area contributed by atoms with E-state index in [2.05, 4.69) is 37.9 Å². The molecule has 0 saturated carbocycles. The zero-order chi connectivity index (χ0) is 23.2. The SMILES string of the molecule is O=[N+]([O-])c1ccc(NNc2ncnc(N3CCN(Cc4ccccc4)CC3)c2[N+](=O)[O-])cc1. The summed E-state index contributed by atoms with van der Waals surface area (Å²) in [6.07, 6.45) is 1.28. The molecule has 0 atom stereocenters. The Balaban J connectivity index is 1.44. The van der Waals surface area contributed by atoms with E-state index < -0.39 is 9.85 Å². The highest BCUT2D eigenvalue weighted by atomic mass is 16.6. The minimum Gasteiger partial charge on any atom is -0.348 e. The molecule has 12 heteroatoms. The van der Waals surface area contributed by atoms with Crippen LogP contribution in [0.5, 0.6) is 0 Å². The number of nitrogens with zero attached hydrogens (tertiary/aromatic N) is 6. The number of piperazine rings is 1. The minimum atomic E-state index is -0.508. The molecule has 4 rings (SSSR count). The van der Waals surface area contributed by atoms with E-state index >= 15 is 0 Å². The molecule has 0 amide bonds. The summed E-state index contributed by atoms with van der Waals surface area (Å²) in [4.78, 5) is 34.0. The Labute approximate surface area is 189 Å². The third-order valence-electron chi connectivity index (χ3n) is 5.31. The highest BCUT2D eigenvalue weighted by Gasteiger charge is 2.29. The quantitative estimate of drug-likeness (QED) is 0.388. The van der Waals surface area contributed by atoms with Gasteiger partial charge in [0.05, 0.1) is 15.5 Å². The van der Waals surface area contributed by atoms with Crippen LogP contribution in [0.4, 0.5) is 28.7 Å². The Hall–Kier alpha value is -4.32. The highest BCUT2D eigenvalue weighted by molar-refractivity contribution is 5.71. The molecule has 1 aliphatic rings. The second-order valence-corrected chi connectivity index (χ2v) is 7.45.